The van der Waals surface area contributed by atoms with Gasteiger partial charge in [-0.15, -0.1) is 0 Å². The maximum Gasteiger partial charge on any atom is 0.337 e. The molecule has 96 valence electrons. The molecule has 0 aliphatic carbocycles. The summed E-state index contributed by atoms with van der Waals surface area (Å²) in [6, 6.07) is 5.18. The molecule has 5 heteroatoms. The highest BCUT2D eigenvalue weighted by atomic mass is 16.4. The molecule has 18 heavy (non-hydrogen) atoms. The van der Waals surface area contributed by atoms with Crippen LogP contribution in [-0.2, 0) is 6.54 Å². The molecule has 2 rings (SSSR count). The SMILES string of the molecule is CN(C)CCCn1cnc2cccc(C(=O)O)c21. The number of imidazole rings is 1. The molecule has 1 N–H and O–H groups in total. The number of aromatic carboxylic acids is 1. The minimum absolute atomic E-state index is 0.315. The van der Waals surface area contributed by atoms with Crippen LogP contribution < -0.4 is 0 Å². The average molecular weight is 247 g/mol. The van der Waals surface area contributed by atoms with Gasteiger partial charge < -0.3 is 14.6 Å². The molecule has 0 radical (unpaired) electrons. The monoisotopic (exact) mass is 247 g/mol. The summed E-state index contributed by atoms with van der Waals surface area (Å²) in [5.41, 5.74) is 1.76. The fraction of sp³-hybridized carbons (Fsp3) is 0.385. The van der Waals surface area contributed by atoms with Crippen molar-refractivity contribution in [2.24, 2.45) is 0 Å². The molecule has 1 aromatic carbocycles. The standard InChI is InChI=1S/C13H17N3O2/c1-15(2)7-4-8-16-9-14-11-6-3-5-10(12(11)16)13(17)18/h3,5-6,9H,4,7-8H2,1-2H3,(H,17,18). The lowest BCUT2D eigenvalue weighted by Crippen LogP contribution is -2.15. The number of carbonyl (C=O) groups is 1. The average Bonchev–Trinajstić information content (AvgIpc) is 2.72. The van der Waals surface area contributed by atoms with Crippen molar-refractivity contribution in [3.8, 4) is 0 Å². The van der Waals surface area contributed by atoms with Crippen molar-refractivity contribution in [1.29, 1.82) is 0 Å². The molecule has 5 nitrogen and oxygen atoms in total. The molecule has 0 saturated carbocycles. The first-order valence-electron chi connectivity index (χ1n) is 5.91. The molecule has 0 fully saturated rings. The Morgan fingerprint density at radius 1 is 1.44 bits per heavy atom. The van der Waals surface area contributed by atoms with Crippen LogP contribution in [0.4, 0.5) is 0 Å². The Kier molecular flexibility index (Phi) is 3.62. The molecule has 2 aromatic rings. The molecule has 1 aromatic heterocycles. The van der Waals surface area contributed by atoms with Gasteiger partial charge in [-0.25, -0.2) is 9.78 Å². The second-order valence-corrected chi connectivity index (χ2v) is 4.57. The number of hydrogen-bond acceptors (Lipinski definition) is 3. The molecule has 0 spiro atoms. The predicted molar refractivity (Wildman–Crippen MR) is 69.9 cm³/mol. The summed E-state index contributed by atoms with van der Waals surface area (Å²) < 4.78 is 1.92. The van der Waals surface area contributed by atoms with E-state index in [0.717, 1.165) is 25.0 Å². The number of hydrogen-bond donors (Lipinski definition) is 1. The summed E-state index contributed by atoms with van der Waals surface area (Å²) >= 11 is 0. The number of aromatic nitrogens is 2. The van der Waals surface area contributed by atoms with Gasteiger partial charge in [0.05, 0.1) is 22.9 Å². The Labute approximate surface area is 106 Å². The van der Waals surface area contributed by atoms with Crippen LogP contribution >= 0.6 is 0 Å². The molecule has 0 saturated heterocycles. The van der Waals surface area contributed by atoms with Crippen molar-refractivity contribution in [2.75, 3.05) is 20.6 Å². The molecule has 0 bridgehead atoms. The molecule has 0 aliphatic rings. The van der Waals surface area contributed by atoms with Gasteiger partial charge in [0, 0.05) is 6.54 Å². The van der Waals surface area contributed by atoms with Crippen LogP contribution in [0.25, 0.3) is 11.0 Å². The van der Waals surface area contributed by atoms with E-state index in [1.165, 1.54) is 0 Å². The van der Waals surface area contributed by atoms with Crippen molar-refractivity contribution >= 4 is 17.0 Å². The van der Waals surface area contributed by atoms with Crippen molar-refractivity contribution in [2.45, 2.75) is 13.0 Å². The van der Waals surface area contributed by atoms with Crippen LogP contribution in [0.5, 0.6) is 0 Å². The largest absolute Gasteiger partial charge is 0.478 e. The molecule has 1 heterocycles. The maximum atomic E-state index is 11.2. The first kappa shape index (κ1) is 12.6. The summed E-state index contributed by atoms with van der Waals surface area (Å²) in [4.78, 5) is 17.6. The third-order valence-electron chi connectivity index (χ3n) is 2.87. The number of benzene rings is 1. The Morgan fingerprint density at radius 2 is 2.22 bits per heavy atom. The highest BCUT2D eigenvalue weighted by molar-refractivity contribution is 6.01. The zero-order valence-electron chi connectivity index (χ0n) is 10.6. The van der Waals surface area contributed by atoms with E-state index in [-0.39, 0.29) is 0 Å². The minimum Gasteiger partial charge on any atom is -0.478 e. The van der Waals surface area contributed by atoms with E-state index in [1.807, 2.05) is 24.7 Å². The summed E-state index contributed by atoms with van der Waals surface area (Å²) in [6.07, 6.45) is 2.68. The highest BCUT2D eigenvalue weighted by Gasteiger charge is 2.12. The third kappa shape index (κ3) is 2.51. The first-order chi connectivity index (χ1) is 8.59. The number of nitrogens with zero attached hydrogens (tertiary/aromatic N) is 3. The lowest BCUT2D eigenvalue weighted by atomic mass is 10.2. The molecular formula is C13H17N3O2. The van der Waals surface area contributed by atoms with Crippen molar-refractivity contribution in [3.63, 3.8) is 0 Å². The van der Waals surface area contributed by atoms with Gasteiger partial charge in [-0.1, -0.05) is 6.07 Å². The molecule has 0 unspecified atom stereocenters. The lowest BCUT2D eigenvalue weighted by Gasteiger charge is -2.10. The Hall–Kier alpha value is -1.88. The zero-order chi connectivity index (χ0) is 13.1. The van der Waals surface area contributed by atoms with Crippen LogP contribution in [0.3, 0.4) is 0 Å². The summed E-state index contributed by atoms with van der Waals surface area (Å²) in [5, 5.41) is 9.19. The third-order valence-corrected chi connectivity index (χ3v) is 2.87. The fourth-order valence-corrected chi connectivity index (χ4v) is 2.03. The fourth-order valence-electron chi connectivity index (χ4n) is 2.03. The summed E-state index contributed by atoms with van der Waals surface area (Å²) in [7, 11) is 4.05. The molecule has 0 atom stereocenters. The quantitative estimate of drug-likeness (QED) is 0.873. The number of para-hydroxylation sites is 1. The topological polar surface area (TPSA) is 58.4 Å². The Bertz CT molecular complexity index is 560. The highest BCUT2D eigenvalue weighted by Crippen LogP contribution is 2.18. The Balaban J connectivity index is 2.30. The van der Waals surface area contributed by atoms with Crippen molar-refractivity contribution in [1.82, 2.24) is 14.5 Å². The number of aryl methyl sites for hydroxylation is 1. The lowest BCUT2D eigenvalue weighted by molar-refractivity contribution is 0.0698. The van der Waals surface area contributed by atoms with Gasteiger partial charge in [-0.3, -0.25) is 0 Å². The number of fused-ring (bicyclic) bond motifs is 1. The molecule has 0 aliphatic heterocycles. The van der Waals surface area contributed by atoms with E-state index in [1.54, 1.807) is 18.5 Å². The summed E-state index contributed by atoms with van der Waals surface area (Å²) in [5.74, 6) is -0.907. The number of carboxylic acid groups (broad SMARTS) is 1. The van der Waals surface area contributed by atoms with Crippen LogP contribution in [-0.4, -0.2) is 46.2 Å². The van der Waals surface area contributed by atoms with Gasteiger partial charge in [0.1, 0.15) is 0 Å². The maximum absolute atomic E-state index is 11.2. The first-order valence-corrected chi connectivity index (χ1v) is 5.91. The van der Waals surface area contributed by atoms with Gasteiger partial charge in [-0.2, -0.15) is 0 Å². The Morgan fingerprint density at radius 3 is 2.89 bits per heavy atom. The van der Waals surface area contributed by atoms with E-state index in [2.05, 4.69) is 9.88 Å². The van der Waals surface area contributed by atoms with Gasteiger partial charge >= 0.3 is 5.97 Å². The molecule has 0 amide bonds. The van der Waals surface area contributed by atoms with Gasteiger partial charge in [0.2, 0.25) is 0 Å². The van der Waals surface area contributed by atoms with E-state index in [4.69, 9.17) is 0 Å². The minimum atomic E-state index is -0.907. The number of rotatable bonds is 5. The second kappa shape index (κ2) is 5.18. The van der Waals surface area contributed by atoms with E-state index >= 15 is 0 Å². The van der Waals surface area contributed by atoms with E-state index < -0.39 is 5.97 Å². The van der Waals surface area contributed by atoms with Crippen molar-refractivity contribution in [3.05, 3.63) is 30.1 Å². The van der Waals surface area contributed by atoms with E-state index in [9.17, 15) is 9.90 Å². The molecular weight excluding hydrogens is 230 g/mol. The van der Waals surface area contributed by atoms with Crippen LogP contribution in [0.15, 0.2) is 24.5 Å². The normalized spacial score (nSPS) is 11.3. The van der Waals surface area contributed by atoms with Crippen molar-refractivity contribution < 1.29 is 9.90 Å². The van der Waals surface area contributed by atoms with Gasteiger partial charge in [0.15, 0.2) is 0 Å². The van der Waals surface area contributed by atoms with Gasteiger partial charge in [0.25, 0.3) is 0 Å². The smallest absolute Gasteiger partial charge is 0.337 e. The summed E-state index contributed by atoms with van der Waals surface area (Å²) in [6.45, 7) is 1.74. The van der Waals surface area contributed by atoms with Crippen LogP contribution in [0.1, 0.15) is 16.8 Å². The van der Waals surface area contributed by atoms with Crippen LogP contribution in [0, 0.1) is 0 Å². The van der Waals surface area contributed by atoms with E-state index in [0.29, 0.717) is 11.1 Å². The van der Waals surface area contributed by atoms with Gasteiger partial charge in [-0.05, 0) is 39.2 Å². The van der Waals surface area contributed by atoms with Crippen LogP contribution in [0.2, 0.25) is 0 Å². The number of carboxylic acids is 1. The second-order valence-electron chi connectivity index (χ2n) is 4.57. The predicted octanol–water partition coefficient (Wildman–Crippen LogP) is 1.69. The zero-order valence-corrected chi connectivity index (χ0v) is 10.6.